The van der Waals surface area contributed by atoms with Gasteiger partial charge in [-0.2, -0.15) is 0 Å². The molecule has 2 N–H and O–H groups in total. The molecule has 1 atom stereocenters. The highest BCUT2D eigenvalue weighted by Crippen LogP contribution is 2.27. The van der Waals surface area contributed by atoms with Gasteiger partial charge in [-0.25, -0.2) is 8.78 Å². The normalized spacial score (nSPS) is 12.8. The van der Waals surface area contributed by atoms with Crippen molar-refractivity contribution in [2.45, 2.75) is 25.8 Å². The van der Waals surface area contributed by atoms with Crippen LogP contribution in [0.4, 0.5) is 14.5 Å². The number of hydrogen-bond acceptors (Lipinski definition) is 3. The van der Waals surface area contributed by atoms with Gasteiger partial charge in [-0.3, -0.25) is 10.1 Å². The molecule has 0 heterocycles. The van der Waals surface area contributed by atoms with Gasteiger partial charge in [0.2, 0.25) is 0 Å². The van der Waals surface area contributed by atoms with E-state index in [1.807, 2.05) is 0 Å². The summed E-state index contributed by atoms with van der Waals surface area (Å²) in [5.41, 5.74) is 5.23. The number of nitrogens with zero attached hydrogens (tertiary/aromatic N) is 1. The van der Waals surface area contributed by atoms with Gasteiger partial charge in [0.1, 0.15) is 0 Å². The molecule has 1 aromatic carbocycles. The van der Waals surface area contributed by atoms with Crippen LogP contribution in [0.1, 0.15) is 24.5 Å². The Morgan fingerprint density at radius 2 is 2.12 bits per heavy atom. The molecule has 0 aliphatic heterocycles. The van der Waals surface area contributed by atoms with E-state index in [-0.39, 0.29) is 23.7 Å². The summed E-state index contributed by atoms with van der Waals surface area (Å²) in [6.07, 6.45) is -2.45. The number of hydrogen-bond donors (Lipinski definition) is 1. The molecular weight excluding hydrogens is 218 g/mol. The van der Waals surface area contributed by atoms with E-state index in [0.717, 1.165) is 6.07 Å². The molecule has 0 amide bonds. The van der Waals surface area contributed by atoms with Gasteiger partial charge >= 0.3 is 0 Å². The molecule has 88 valence electrons. The predicted molar refractivity (Wildman–Crippen MR) is 55.4 cm³/mol. The monoisotopic (exact) mass is 230 g/mol. The van der Waals surface area contributed by atoms with Crippen LogP contribution in [0.5, 0.6) is 0 Å². The Hall–Kier alpha value is -1.56. The summed E-state index contributed by atoms with van der Waals surface area (Å²) in [7, 11) is 0. The van der Waals surface area contributed by atoms with Crippen molar-refractivity contribution in [2.75, 3.05) is 0 Å². The molecule has 1 rings (SSSR count). The Labute approximate surface area is 91.2 Å². The Balaban J connectivity index is 3.14. The van der Waals surface area contributed by atoms with Gasteiger partial charge in [-0.05, 0) is 18.9 Å². The first-order valence-electron chi connectivity index (χ1n) is 4.72. The topological polar surface area (TPSA) is 69.2 Å². The van der Waals surface area contributed by atoms with Crippen LogP contribution in [0.3, 0.4) is 0 Å². The largest absolute Gasteiger partial charge is 0.328 e. The number of non-ortho nitro benzene ring substituents is 1. The maximum Gasteiger partial charge on any atom is 0.269 e. The highest BCUT2D eigenvalue weighted by atomic mass is 19.3. The third kappa shape index (κ3) is 2.96. The molecule has 0 aliphatic rings. The zero-order valence-corrected chi connectivity index (χ0v) is 8.69. The van der Waals surface area contributed by atoms with Crippen molar-refractivity contribution in [1.29, 1.82) is 0 Å². The number of nitrogens with two attached hydrogens (primary N) is 1. The van der Waals surface area contributed by atoms with Crippen molar-refractivity contribution < 1.29 is 13.7 Å². The fourth-order valence-electron chi connectivity index (χ4n) is 1.43. The van der Waals surface area contributed by atoms with Crippen molar-refractivity contribution in [3.05, 3.63) is 39.4 Å². The maximum atomic E-state index is 12.7. The quantitative estimate of drug-likeness (QED) is 0.637. The van der Waals surface area contributed by atoms with Gasteiger partial charge in [0.25, 0.3) is 12.1 Å². The summed E-state index contributed by atoms with van der Waals surface area (Å²) in [5, 5.41) is 10.4. The second-order valence-electron chi connectivity index (χ2n) is 3.62. The van der Waals surface area contributed by atoms with Gasteiger partial charge in [0.15, 0.2) is 0 Å². The highest BCUT2D eigenvalue weighted by Gasteiger charge is 2.18. The lowest BCUT2D eigenvalue weighted by Crippen LogP contribution is -2.18. The molecule has 1 aromatic rings. The van der Waals surface area contributed by atoms with E-state index in [1.54, 1.807) is 6.92 Å². The second kappa shape index (κ2) is 4.98. The SMILES string of the molecule is CC(N)Cc1ccc([N+](=O)[O-])cc1C(F)F. The molecule has 0 spiro atoms. The first kappa shape index (κ1) is 12.5. The fraction of sp³-hybridized carbons (Fsp3) is 0.400. The number of nitro groups is 1. The average Bonchev–Trinajstić information content (AvgIpc) is 2.16. The summed E-state index contributed by atoms with van der Waals surface area (Å²) in [6.45, 7) is 1.69. The summed E-state index contributed by atoms with van der Waals surface area (Å²) in [6, 6.07) is 3.19. The summed E-state index contributed by atoms with van der Waals surface area (Å²) < 4.78 is 25.3. The Kier molecular flexibility index (Phi) is 3.89. The number of rotatable bonds is 4. The van der Waals surface area contributed by atoms with E-state index in [2.05, 4.69) is 0 Å². The molecule has 16 heavy (non-hydrogen) atoms. The van der Waals surface area contributed by atoms with E-state index < -0.39 is 11.3 Å². The molecule has 0 aliphatic carbocycles. The summed E-state index contributed by atoms with van der Waals surface area (Å²) in [5.74, 6) is 0. The lowest BCUT2D eigenvalue weighted by Gasteiger charge is -2.10. The standard InChI is InChI=1S/C10H12F2N2O2/c1-6(13)4-7-2-3-8(14(15)16)5-9(7)10(11)12/h2-3,5-6,10H,4,13H2,1H3. The molecule has 1 unspecified atom stereocenters. The van der Waals surface area contributed by atoms with Crippen LogP contribution < -0.4 is 5.73 Å². The van der Waals surface area contributed by atoms with Crippen molar-refractivity contribution in [2.24, 2.45) is 5.73 Å². The summed E-state index contributed by atoms with van der Waals surface area (Å²) >= 11 is 0. The molecule has 0 radical (unpaired) electrons. The smallest absolute Gasteiger partial charge is 0.269 e. The lowest BCUT2D eigenvalue weighted by molar-refractivity contribution is -0.385. The fourth-order valence-corrected chi connectivity index (χ4v) is 1.43. The zero-order valence-electron chi connectivity index (χ0n) is 8.69. The van der Waals surface area contributed by atoms with Crippen LogP contribution in [0.2, 0.25) is 0 Å². The third-order valence-electron chi connectivity index (χ3n) is 2.12. The highest BCUT2D eigenvalue weighted by molar-refractivity contribution is 5.40. The van der Waals surface area contributed by atoms with Crippen molar-refractivity contribution in [1.82, 2.24) is 0 Å². The van der Waals surface area contributed by atoms with E-state index in [1.165, 1.54) is 12.1 Å². The van der Waals surface area contributed by atoms with Gasteiger partial charge < -0.3 is 5.73 Å². The van der Waals surface area contributed by atoms with Crippen LogP contribution in [0, 0.1) is 10.1 Å². The van der Waals surface area contributed by atoms with Crippen LogP contribution in [-0.2, 0) is 6.42 Å². The minimum Gasteiger partial charge on any atom is -0.328 e. The average molecular weight is 230 g/mol. The Bertz CT molecular complexity index is 394. The molecule has 0 fully saturated rings. The number of halogens is 2. The Morgan fingerprint density at radius 3 is 2.56 bits per heavy atom. The maximum absolute atomic E-state index is 12.7. The Morgan fingerprint density at radius 1 is 1.50 bits per heavy atom. The summed E-state index contributed by atoms with van der Waals surface area (Å²) in [4.78, 5) is 9.75. The van der Waals surface area contributed by atoms with Crippen molar-refractivity contribution in [3.8, 4) is 0 Å². The van der Waals surface area contributed by atoms with Gasteiger partial charge in [-0.15, -0.1) is 0 Å². The van der Waals surface area contributed by atoms with Crippen LogP contribution in [0.25, 0.3) is 0 Å². The van der Waals surface area contributed by atoms with Crippen LogP contribution in [-0.4, -0.2) is 11.0 Å². The molecular formula is C10H12F2N2O2. The van der Waals surface area contributed by atoms with Crippen molar-refractivity contribution in [3.63, 3.8) is 0 Å². The second-order valence-corrected chi connectivity index (χ2v) is 3.62. The molecule has 0 saturated heterocycles. The third-order valence-corrected chi connectivity index (χ3v) is 2.12. The number of benzene rings is 1. The van der Waals surface area contributed by atoms with E-state index >= 15 is 0 Å². The molecule has 0 aromatic heterocycles. The first-order chi connectivity index (χ1) is 7.41. The zero-order chi connectivity index (χ0) is 12.3. The molecule has 0 bridgehead atoms. The number of nitro benzene ring substituents is 1. The number of alkyl halides is 2. The van der Waals surface area contributed by atoms with Gasteiger partial charge in [0, 0.05) is 23.7 Å². The minimum absolute atomic E-state index is 0.265. The van der Waals surface area contributed by atoms with Gasteiger partial charge in [-0.1, -0.05) is 6.07 Å². The first-order valence-corrected chi connectivity index (χ1v) is 4.72. The predicted octanol–water partition coefficient (Wildman–Crippen LogP) is 2.42. The van der Waals surface area contributed by atoms with Gasteiger partial charge in [0.05, 0.1) is 4.92 Å². The van der Waals surface area contributed by atoms with E-state index in [4.69, 9.17) is 5.73 Å². The molecule has 0 saturated carbocycles. The molecule has 4 nitrogen and oxygen atoms in total. The van der Waals surface area contributed by atoms with E-state index in [0.29, 0.717) is 5.56 Å². The molecule has 6 heteroatoms. The van der Waals surface area contributed by atoms with Crippen molar-refractivity contribution >= 4 is 5.69 Å². The lowest BCUT2D eigenvalue weighted by atomic mass is 10.0. The minimum atomic E-state index is -2.73. The van der Waals surface area contributed by atoms with E-state index in [9.17, 15) is 18.9 Å². The van der Waals surface area contributed by atoms with Crippen LogP contribution >= 0.6 is 0 Å². The van der Waals surface area contributed by atoms with Crippen LogP contribution in [0.15, 0.2) is 18.2 Å².